The zero-order valence-electron chi connectivity index (χ0n) is 20.0. The summed E-state index contributed by atoms with van der Waals surface area (Å²) >= 11 is 0. The van der Waals surface area contributed by atoms with E-state index in [1.165, 1.54) is 5.69 Å². The molecule has 0 radical (unpaired) electrons. The van der Waals surface area contributed by atoms with Gasteiger partial charge in [0.2, 0.25) is 11.8 Å². The lowest BCUT2D eigenvalue weighted by molar-refractivity contribution is -0.142. The van der Waals surface area contributed by atoms with Gasteiger partial charge in [0, 0.05) is 58.2 Å². The summed E-state index contributed by atoms with van der Waals surface area (Å²) in [5, 5.41) is 3.09. The van der Waals surface area contributed by atoms with E-state index >= 15 is 0 Å². The molecule has 1 fully saturated rings. The summed E-state index contributed by atoms with van der Waals surface area (Å²) in [6.45, 7) is 4.32. The number of pyridine rings is 1. The Hall–Kier alpha value is -3.35. The molecule has 7 nitrogen and oxygen atoms in total. The third kappa shape index (κ3) is 5.95. The number of nitrogens with zero attached hydrogens (tertiary/aromatic N) is 4. The number of nitrogens with one attached hydrogen (secondary N) is 1. The molecule has 1 aliphatic heterocycles. The molecule has 7 heteroatoms. The largest absolute Gasteiger partial charge is 0.375 e. The van der Waals surface area contributed by atoms with Gasteiger partial charge in [0.1, 0.15) is 5.82 Å². The number of hydrogen-bond acceptors (Lipinski definition) is 5. The van der Waals surface area contributed by atoms with Crippen LogP contribution in [0.25, 0.3) is 0 Å². The second-order valence-electron chi connectivity index (χ2n) is 9.06. The summed E-state index contributed by atoms with van der Waals surface area (Å²) in [7, 11) is 2.06. The lowest BCUT2D eigenvalue weighted by atomic mass is 9.81. The van der Waals surface area contributed by atoms with Crippen LogP contribution in [0.4, 0.5) is 11.5 Å². The lowest BCUT2D eigenvalue weighted by Crippen LogP contribution is -2.52. The molecule has 1 aromatic carbocycles. The molecule has 2 atom stereocenters. The number of hydrogen-bond donors (Lipinski definition) is 1. The molecule has 1 N–H and O–H groups in total. The fraction of sp³-hybridized carbons (Fsp3) is 0.444. The molecule has 1 aliphatic carbocycles. The summed E-state index contributed by atoms with van der Waals surface area (Å²) in [6.07, 6.45) is 7.99. The summed E-state index contributed by atoms with van der Waals surface area (Å²) < 4.78 is 0. The van der Waals surface area contributed by atoms with Crippen LogP contribution in [-0.2, 0) is 9.59 Å². The summed E-state index contributed by atoms with van der Waals surface area (Å²) in [4.78, 5) is 37.1. The minimum absolute atomic E-state index is 0.00261. The van der Waals surface area contributed by atoms with Gasteiger partial charge in [-0.05, 0) is 43.5 Å². The smallest absolute Gasteiger partial charge is 0.226 e. The first-order valence-electron chi connectivity index (χ1n) is 12.3. The molecule has 180 valence electrons. The van der Waals surface area contributed by atoms with Crippen molar-refractivity contribution in [2.45, 2.75) is 19.3 Å². The first-order valence-corrected chi connectivity index (χ1v) is 12.3. The van der Waals surface area contributed by atoms with Crippen LogP contribution < -0.4 is 15.1 Å². The summed E-state index contributed by atoms with van der Waals surface area (Å²) in [5.41, 5.74) is 1.17. The standard InChI is InChI=1S/C27H35N5O2/c1-30(22-10-3-2-4-11-22)17-9-16-29-26(33)23-12-5-6-13-24(23)27(34)32-20-18-31(19-21-32)25-14-7-8-15-28-25/h2-8,10-11,14-15,23-24H,9,12-13,16-21H2,1H3,(H,29,33). The maximum Gasteiger partial charge on any atom is 0.226 e. The van der Waals surface area contributed by atoms with Crippen molar-refractivity contribution in [2.24, 2.45) is 11.8 Å². The number of allylic oxidation sites excluding steroid dienone is 2. The topological polar surface area (TPSA) is 68.8 Å². The average molecular weight is 462 g/mol. The monoisotopic (exact) mass is 461 g/mol. The predicted octanol–water partition coefficient (Wildman–Crippen LogP) is 2.96. The van der Waals surface area contributed by atoms with Crippen molar-refractivity contribution in [3.63, 3.8) is 0 Å². The maximum atomic E-state index is 13.4. The van der Waals surface area contributed by atoms with E-state index in [1.54, 1.807) is 6.20 Å². The van der Waals surface area contributed by atoms with E-state index in [-0.39, 0.29) is 23.7 Å². The van der Waals surface area contributed by atoms with Gasteiger partial charge < -0.3 is 20.0 Å². The molecular formula is C27H35N5O2. The molecule has 0 spiro atoms. The van der Waals surface area contributed by atoms with Crippen molar-refractivity contribution in [2.75, 3.05) is 56.1 Å². The van der Waals surface area contributed by atoms with Crippen LogP contribution in [0.2, 0.25) is 0 Å². The number of carbonyl (C=O) groups is 2. The Morgan fingerprint density at radius 1 is 0.971 bits per heavy atom. The van der Waals surface area contributed by atoms with Crippen LogP contribution in [0.15, 0.2) is 66.9 Å². The van der Waals surface area contributed by atoms with Crippen molar-refractivity contribution < 1.29 is 9.59 Å². The van der Waals surface area contributed by atoms with Crippen molar-refractivity contribution in [1.82, 2.24) is 15.2 Å². The number of amides is 2. The predicted molar refractivity (Wildman–Crippen MR) is 136 cm³/mol. The number of anilines is 2. The highest BCUT2D eigenvalue weighted by atomic mass is 16.2. The number of carbonyl (C=O) groups excluding carboxylic acids is 2. The van der Waals surface area contributed by atoms with Crippen LogP contribution in [-0.4, -0.2) is 68.0 Å². The van der Waals surface area contributed by atoms with Crippen molar-refractivity contribution in [1.29, 1.82) is 0 Å². The van der Waals surface area contributed by atoms with E-state index in [1.807, 2.05) is 53.5 Å². The SMILES string of the molecule is CN(CCCNC(=O)C1CC=CCC1C(=O)N1CCN(c2ccccn2)CC1)c1ccccc1. The van der Waals surface area contributed by atoms with E-state index in [0.29, 0.717) is 32.5 Å². The van der Waals surface area contributed by atoms with Gasteiger partial charge in [-0.25, -0.2) is 4.98 Å². The molecule has 2 aromatic rings. The molecule has 2 heterocycles. The van der Waals surface area contributed by atoms with Gasteiger partial charge in [-0.2, -0.15) is 0 Å². The highest BCUT2D eigenvalue weighted by Gasteiger charge is 2.37. The zero-order valence-corrected chi connectivity index (χ0v) is 20.0. The summed E-state index contributed by atoms with van der Waals surface area (Å²) in [6, 6.07) is 16.1. The zero-order chi connectivity index (χ0) is 23.8. The minimum atomic E-state index is -0.293. The Morgan fingerprint density at radius 2 is 1.68 bits per heavy atom. The fourth-order valence-electron chi connectivity index (χ4n) is 4.78. The average Bonchev–Trinajstić information content (AvgIpc) is 2.91. The second-order valence-corrected chi connectivity index (χ2v) is 9.06. The van der Waals surface area contributed by atoms with Crippen molar-refractivity contribution in [3.8, 4) is 0 Å². The maximum absolute atomic E-state index is 13.4. The molecule has 1 aromatic heterocycles. The number of benzene rings is 1. The Labute approximate surface area is 202 Å². The minimum Gasteiger partial charge on any atom is -0.375 e. The third-order valence-electron chi connectivity index (χ3n) is 6.82. The third-order valence-corrected chi connectivity index (χ3v) is 6.82. The van der Waals surface area contributed by atoms with E-state index in [9.17, 15) is 9.59 Å². The second kappa shape index (κ2) is 11.7. The number of rotatable bonds is 8. The van der Waals surface area contributed by atoms with Gasteiger partial charge in [0.05, 0.1) is 11.8 Å². The van der Waals surface area contributed by atoms with Crippen molar-refractivity contribution in [3.05, 3.63) is 66.9 Å². The fourth-order valence-corrected chi connectivity index (χ4v) is 4.78. The highest BCUT2D eigenvalue weighted by molar-refractivity contribution is 5.88. The molecule has 0 bridgehead atoms. The Morgan fingerprint density at radius 3 is 2.38 bits per heavy atom. The summed E-state index contributed by atoms with van der Waals surface area (Å²) in [5.74, 6) is 0.480. The molecule has 2 amide bonds. The Balaban J connectivity index is 1.25. The molecule has 2 unspecified atom stereocenters. The first-order chi connectivity index (χ1) is 16.6. The molecule has 2 aliphatic rings. The quantitative estimate of drug-likeness (QED) is 0.484. The van der Waals surface area contributed by atoms with Gasteiger partial charge in [-0.15, -0.1) is 0 Å². The molecule has 34 heavy (non-hydrogen) atoms. The molecular weight excluding hydrogens is 426 g/mol. The number of para-hydroxylation sites is 1. The number of aromatic nitrogens is 1. The van der Waals surface area contributed by atoms with Crippen LogP contribution in [0.3, 0.4) is 0 Å². The van der Waals surface area contributed by atoms with E-state index in [0.717, 1.165) is 31.9 Å². The molecule has 0 saturated carbocycles. The van der Waals surface area contributed by atoms with Gasteiger partial charge >= 0.3 is 0 Å². The highest BCUT2D eigenvalue weighted by Crippen LogP contribution is 2.28. The van der Waals surface area contributed by atoms with Gasteiger partial charge in [-0.1, -0.05) is 36.4 Å². The van der Waals surface area contributed by atoms with E-state index in [4.69, 9.17) is 0 Å². The van der Waals surface area contributed by atoms with Gasteiger partial charge in [-0.3, -0.25) is 9.59 Å². The van der Waals surface area contributed by atoms with Crippen LogP contribution in [0, 0.1) is 11.8 Å². The Kier molecular flexibility index (Phi) is 8.17. The Bertz CT molecular complexity index is 958. The van der Waals surface area contributed by atoms with Crippen LogP contribution >= 0.6 is 0 Å². The van der Waals surface area contributed by atoms with Crippen LogP contribution in [0.5, 0.6) is 0 Å². The van der Waals surface area contributed by atoms with E-state index in [2.05, 4.69) is 39.3 Å². The van der Waals surface area contributed by atoms with Crippen LogP contribution in [0.1, 0.15) is 19.3 Å². The normalized spacial score (nSPS) is 20.1. The number of piperazine rings is 1. The first kappa shape index (κ1) is 23.8. The van der Waals surface area contributed by atoms with Crippen molar-refractivity contribution >= 4 is 23.3 Å². The molecule has 4 rings (SSSR count). The molecule has 1 saturated heterocycles. The van der Waals surface area contributed by atoms with Gasteiger partial charge in [0.25, 0.3) is 0 Å². The lowest BCUT2D eigenvalue weighted by Gasteiger charge is -2.38. The van der Waals surface area contributed by atoms with Gasteiger partial charge in [0.15, 0.2) is 0 Å². The van der Waals surface area contributed by atoms with E-state index < -0.39 is 0 Å².